The highest BCUT2D eigenvalue weighted by molar-refractivity contribution is 7.99. The smallest absolute Gasteiger partial charge is 0.137 e. The number of rotatable bonds is 6. The third-order valence-corrected chi connectivity index (χ3v) is 5.46. The van der Waals surface area contributed by atoms with E-state index in [4.69, 9.17) is 0 Å². The molecule has 1 nitrogen and oxygen atoms in total. The van der Waals surface area contributed by atoms with Gasteiger partial charge in [0.1, 0.15) is 5.78 Å². The lowest BCUT2D eigenvalue weighted by molar-refractivity contribution is -0.123. The highest BCUT2D eigenvalue weighted by atomic mass is 32.2. The Hall–Kier alpha value is -0.760. The molecule has 0 spiro atoms. The van der Waals surface area contributed by atoms with Gasteiger partial charge in [-0.15, -0.1) is 11.8 Å². The molecule has 1 saturated carbocycles. The van der Waals surface area contributed by atoms with E-state index in [1.54, 1.807) is 0 Å². The Labute approximate surface area is 127 Å². The molecule has 0 bridgehead atoms. The maximum absolute atomic E-state index is 12.4. The van der Waals surface area contributed by atoms with Gasteiger partial charge in [-0.1, -0.05) is 44.4 Å². The zero-order valence-electron chi connectivity index (χ0n) is 12.5. The van der Waals surface area contributed by atoms with Crippen LogP contribution in [0.4, 0.5) is 0 Å². The molecule has 0 radical (unpaired) electrons. The monoisotopic (exact) mass is 290 g/mol. The molecule has 0 aromatic heterocycles. The molecule has 2 heteroatoms. The second kappa shape index (κ2) is 8.51. The third kappa shape index (κ3) is 4.66. The van der Waals surface area contributed by atoms with Crippen LogP contribution in [0, 0.1) is 11.8 Å². The molecule has 0 aliphatic heterocycles. The summed E-state index contributed by atoms with van der Waals surface area (Å²) in [4.78, 5) is 13.7. The molecular weight excluding hydrogens is 264 g/mol. The third-order valence-electron chi connectivity index (χ3n) is 4.33. The minimum Gasteiger partial charge on any atom is -0.299 e. The summed E-state index contributed by atoms with van der Waals surface area (Å²) in [5.41, 5.74) is 0. The minimum absolute atomic E-state index is 0.286. The van der Waals surface area contributed by atoms with Crippen LogP contribution in [0.15, 0.2) is 35.2 Å². The van der Waals surface area contributed by atoms with Crippen molar-refractivity contribution in [3.8, 4) is 0 Å². The van der Waals surface area contributed by atoms with E-state index in [0.29, 0.717) is 11.7 Å². The van der Waals surface area contributed by atoms with E-state index in [9.17, 15) is 4.79 Å². The molecule has 1 aromatic carbocycles. The van der Waals surface area contributed by atoms with Crippen LogP contribution in [0.2, 0.25) is 0 Å². The van der Waals surface area contributed by atoms with Crippen molar-refractivity contribution in [3.05, 3.63) is 30.3 Å². The number of hydrogen-bond acceptors (Lipinski definition) is 2. The van der Waals surface area contributed by atoms with Gasteiger partial charge in [-0.3, -0.25) is 4.79 Å². The second-order valence-electron chi connectivity index (χ2n) is 5.84. The van der Waals surface area contributed by atoms with Crippen LogP contribution >= 0.6 is 11.8 Å². The van der Waals surface area contributed by atoms with Gasteiger partial charge in [0, 0.05) is 23.0 Å². The molecule has 0 amide bonds. The average molecular weight is 290 g/mol. The molecule has 0 unspecified atom stereocenters. The maximum atomic E-state index is 12.4. The van der Waals surface area contributed by atoms with Crippen molar-refractivity contribution in [2.24, 2.45) is 11.8 Å². The van der Waals surface area contributed by atoms with E-state index >= 15 is 0 Å². The molecule has 0 N–H and O–H groups in total. The van der Waals surface area contributed by atoms with E-state index in [0.717, 1.165) is 18.6 Å². The summed E-state index contributed by atoms with van der Waals surface area (Å²) in [6.45, 7) is 2.24. The SMILES string of the molecule is CCCC[C@H]1CCCCC(=O)[C@H]1CSc1ccccc1. The fourth-order valence-electron chi connectivity index (χ4n) is 3.10. The summed E-state index contributed by atoms with van der Waals surface area (Å²) in [6, 6.07) is 10.5. The molecule has 1 fully saturated rings. The van der Waals surface area contributed by atoms with E-state index in [-0.39, 0.29) is 5.92 Å². The molecule has 0 saturated heterocycles. The molecule has 20 heavy (non-hydrogen) atoms. The van der Waals surface area contributed by atoms with E-state index < -0.39 is 0 Å². The maximum Gasteiger partial charge on any atom is 0.137 e. The first-order valence-electron chi connectivity index (χ1n) is 8.02. The number of thioether (sulfide) groups is 1. The van der Waals surface area contributed by atoms with Crippen molar-refractivity contribution in [1.29, 1.82) is 0 Å². The summed E-state index contributed by atoms with van der Waals surface area (Å²) in [7, 11) is 0. The van der Waals surface area contributed by atoms with Crippen LogP contribution in [0.3, 0.4) is 0 Å². The molecular formula is C18H26OS. The highest BCUT2D eigenvalue weighted by Crippen LogP contribution is 2.34. The lowest BCUT2D eigenvalue weighted by Crippen LogP contribution is -2.24. The molecule has 110 valence electrons. The van der Waals surface area contributed by atoms with E-state index in [1.807, 2.05) is 17.8 Å². The molecule has 1 aliphatic carbocycles. The van der Waals surface area contributed by atoms with Crippen LogP contribution in [-0.2, 0) is 4.79 Å². The Morgan fingerprint density at radius 2 is 2.00 bits per heavy atom. The Morgan fingerprint density at radius 1 is 1.20 bits per heavy atom. The number of Topliss-reactive ketones (excluding diaryl/α,β-unsaturated/α-hetero) is 1. The largest absolute Gasteiger partial charge is 0.299 e. The fraction of sp³-hybridized carbons (Fsp3) is 0.611. The Kier molecular flexibility index (Phi) is 6.65. The standard InChI is InChI=1S/C18H26OS/c1-2-3-9-15-10-7-8-13-18(19)17(15)14-20-16-11-5-4-6-12-16/h4-6,11-12,15,17H,2-3,7-10,13-14H2,1H3/t15-,17-/m0/s1. The predicted octanol–water partition coefficient (Wildman–Crippen LogP) is 5.34. The quantitative estimate of drug-likeness (QED) is 0.519. The zero-order chi connectivity index (χ0) is 14.2. The minimum atomic E-state index is 0.286. The van der Waals surface area contributed by atoms with Gasteiger partial charge in [-0.25, -0.2) is 0 Å². The molecule has 2 atom stereocenters. The van der Waals surface area contributed by atoms with Crippen molar-refractivity contribution in [2.45, 2.75) is 56.8 Å². The fourth-order valence-corrected chi connectivity index (χ4v) is 4.28. The van der Waals surface area contributed by atoms with Crippen molar-refractivity contribution in [1.82, 2.24) is 0 Å². The van der Waals surface area contributed by atoms with Gasteiger partial charge >= 0.3 is 0 Å². The summed E-state index contributed by atoms with van der Waals surface area (Å²) in [5, 5.41) is 0. The van der Waals surface area contributed by atoms with Gasteiger partial charge in [0.15, 0.2) is 0 Å². The van der Waals surface area contributed by atoms with Crippen molar-refractivity contribution < 1.29 is 4.79 Å². The molecule has 0 heterocycles. The Bertz CT molecular complexity index is 401. The topological polar surface area (TPSA) is 17.1 Å². The molecule has 1 aliphatic rings. The van der Waals surface area contributed by atoms with Crippen LogP contribution in [-0.4, -0.2) is 11.5 Å². The van der Waals surface area contributed by atoms with Gasteiger partial charge in [0.2, 0.25) is 0 Å². The van der Waals surface area contributed by atoms with Crippen LogP contribution in [0.1, 0.15) is 51.9 Å². The van der Waals surface area contributed by atoms with Crippen molar-refractivity contribution in [2.75, 3.05) is 5.75 Å². The first-order chi connectivity index (χ1) is 9.81. The number of ketones is 1. The normalized spacial score (nSPS) is 23.6. The number of hydrogen-bond donors (Lipinski definition) is 0. The predicted molar refractivity (Wildman–Crippen MR) is 87.1 cm³/mol. The van der Waals surface area contributed by atoms with Gasteiger partial charge in [-0.2, -0.15) is 0 Å². The van der Waals surface area contributed by atoms with Gasteiger partial charge in [0.05, 0.1) is 0 Å². The highest BCUT2D eigenvalue weighted by Gasteiger charge is 2.29. The summed E-state index contributed by atoms with van der Waals surface area (Å²) in [5.74, 6) is 2.40. The summed E-state index contributed by atoms with van der Waals surface area (Å²) in [6.07, 6.45) is 8.16. The van der Waals surface area contributed by atoms with Crippen LogP contribution in [0.5, 0.6) is 0 Å². The van der Waals surface area contributed by atoms with Gasteiger partial charge < -0.3 is 0 Å². The first kappa shape index (κ1) is 15.6. The van der Waals surface area contributed by atoms with Crippen LogP contribution < -0.4 is 0 Å². The summed E-state index contributed by atoms with van der Waals surface area (Å²) >= 11 is 1.86. The summed E-state index contributed by atoms with van der Waals surface area (Å²) < 4.78 is 0. The van der Waals surface area contributed by atoms with E-state index in [1.165, 1.54) is 37.0 Å². The van der Waals surface area contributed by atoms with E-state index in [2.05, 4.69) is 31.2 Å². The van der Waals surface area contributed by atoms with Crippen molar-refractivity contribution in [3.63, 3.8) is 0 Å². The lowest BCUT2D eigenvalue weighted by Gasteiger charge is -2.23. The number of unbranched alkanes of at least 4 members (excludes halogenated alkanes) is 1. The number of carbonyl (C=O) groups excluding carboxylic acids is 1. The first-order valence-corrected chi connectivity index (χ1v) is 9.00. The van der Waals surface area contributed by atoms with Gasteiger partial charge in [-0.05, 0) is 37.3 Å². The number of benzene rings is 1. The second-order valence-corrected chi connectivity index (χ2v) is 6.94. The average Bonchev–Trinajstić information content (AvgIpc) is 2.66. The van der Waals surface area contributed by atoms with Crippen LogP contribution in [0.25, 0.3) is 0 Å². The van der Waals surface area contributed by atoms with Crippen molar-refractivity contribution >= 4 is 17.5 Å². The number of carbonyl (C=O) groups is 1. The Balaban J connectivity index is 1.97. The molecule has 2 rings (SSSR count). The zero-order valence-corrected chi connectivity index (χ0v) is 13.3. The molecule has 1 aromatic rings. The Morgan fingerprint density at radius 3 is 2.75 bits per heavy atom. The van der Waals surface area contributed by atoms with Gasteiger partial charge in [0.25, 0.3) is 0 Å². The lowest BCUT2D eigenvalue weighted by atomic mass is 9.85.